The van der Waals surface area contributed by atoms with E-state index in [2.05, 4.69) is 41.9 Å². The number of hydrogen-bond acceptors (Lipinski definition) is 7. The summed E-state index contributed by atoms with van der Waals surface area (Å²) in [6.45, 7) is 4.49. The van der Waals surface area contributed by atoms with E-state index < -0.39 is 0 Å². The van der Waals surface area contributed by atoms with Crippen LogP contribution < -0.4 is 24.5 Å². The fraction of sp³-hybridized carbons (Fsp3) is 0.222. The summed E-state index contributed by atoms with van der Waals surface area (Å²) in [5, 5.41) is 5.00. The van der Waals surface area contributed by atoms with Gasteiger partial charge in [0.1, 0.15) is 12.4 Å². The highest BCUT2D eigenvalue weighted by Crippen LogP contribution is 2.38. The zero-order chi connectivity index (χ0) is 26.1. The number of aromatic nitrogens is 2. The number of hydrogen-bond donors (Lipinski definition) is 0. The first kappa shape index (κ1) is 25.3. The summed E-state index contributed by atoms with van der Waals surface area (Å²) in [5.41, 5.74) is 2.05. The van der Waals surface area contributed by atoms with Gasteiger partial charge in [-0.1, -0.05) is 35.8 Å². The molecule has 37 heavy (non-hydrogen) atoms. The van der Waals surface area contributed by atoms with Gasteiger partial charge in [0.15, 0.2) is 23.0 Å². The summed E-state index contributed by atoms with van der Waals surface area (Å²) in [6.07, 6.45) is 1.60. The van der Waals surface area contributed by atoms with E-state index in [9.17, 15) is 4.79 Å². The van der Waals surface area contributed by atoms with E-state index in [1.54, 1.807) is 25.5 Å². The Morgan fingerprint density at radius 3 is 2.70 bits per heavy atom. The Hall–Kier alpha value is -3.37. The van der Waals surface area contributed by atoms with Crippen molar-refractivity contribution in [2.75, 3.05) is 13.9 Å². The Balaban J connectivity index is 1.44. The SMILES string of the molecule is COc1cc(C=Nn2c(C(C)C)nc3ccc(Br)cc3c2=O)cc(Br)c1OCc1ccc2c(c1)OCO2. The van der Waals surface area contributed by atoms with Crippen LogP contribution in [0.5, 0.6) is 23.0 Å². The molecular formula is C27H23Br2N3O5. The number of methoxy groups -OCH3 is 1. The van der Waals surface area contributed by atoms with E-state index in [-0.39, 0.29) is 18.3 Å². The highest BCUT2D eigenvalue weighted by Gasteiger charge is 2.17. The van der Waals surface area contributed by atoms with E-state index in [1.807, 2.05) is 50.2 Å². The highest BCUT2D eigenvalue weighted by molar-refractivity contribution is 9.10. The molecular weight excluding hydrogens is 606 g/mol. The monoisotopic (exact) mass is 627 g/mol. The molecule has 5 rings (SSSR count). The number of halogens is 2. The molecule has 8 nitrogen and oxygen atoms in total. The van der Waals surface area contributed by atoms with Gasteiger partial charge in [0.05, 0.1) is 28.7 Å². The third-order valence-corrected chi connectivity index (χ3v) is 6.83. The van der Waals surface area contributed by atoms with Crippen molar-refractivity contribution in [1.29, 1.82) is 0 Å². The van der Waals surface area contributed by atoms with Crippen molar-refractivity contribution in [1.82, 2.24) is 9.66 Å². The smallest absolute Gasteiger partial charge is 0.282 e. The van der Waals surface area contributed by atoms with Crippen LogP contribution >= 0.6 is 31.9 Å². The van der Waals surface area contributed by atoms with Gasteiger partial charge < -0.3 is 18.9 Å². The maximum absolute atomic E-state index is 13.3. The highest BCUT2D eigenvalue weighted by atomic mass is 79.9. The molecule has 0 radical (unpaired) electrons. The summed E-state index contributed by atoms with van der Waals surface area (Å²) < 4.78 is 25.3. The topological polar surface area (TPSA) is 84.2 Å². The second-order valence-corrected chi connectivity index (χ2v) is 10.4. The first-order chi connectivity index (χ1) is 17.8. The zero-order valence-corrected chi connectivity index (χ0v) is 23.5. The maximum atomic E-state index is 13.3. The average Bonchev–Trinajstić information content (AvgIpc) is 3.35. The summed E-state index contributed by atoms with van der Waals surface area (Å²) in [6, 6.07) is 14.8. The van der Waals surface area contributed by atoms with Crippen LogP contribution in [0.2, 0.25) is 0 Å². The molecule has 2 heterocycles. The van der Waals surface area contributed by atoms with E-state index in [0.717, 1.165) is 21.3 Å². The molecule has 0 atom stereocenters. The lowest BCUT2D eigenvalue weighted by Crippen LogP contribution is -2.23. The quantitative estimate of drug-likeness (QED) is 0.225. The second-order valence-electron chi connectivity index (χ2n) is 8.66. The standard InChI is InChI=1S/C27H23Br2N3O5/c1-15(2)26-31-21-6-5-18(28)11-19(21)27(33)32(26)30-12-17-8-20(29)25(24(10-17)34-3)35-13-16-4-7-22-23(9-16)37-14-36-22/h4-12,15H,13-14H2,1-3H3. The van der Waals surface area contributed by atoms with E-state index in [1.165, 1.54) is 4.68 Å². The third-order valence-electron chi connectivity index (χ3n) is 5.74. The van der Waals surface area contributed by atoms with Crippen molar-refractivity contribution in [3.63, 3.8) is 0 Å². The molecule has 3 aromatic carbocycles. The largest absolute Gasteiger partial charge is 0.493 e. The molecule has 0 bridgehead atoms. The van der Waals surface area contributed by atoms with Crippen LogP contribution in [-0.2, 0) is 6.61 Å². The zero-order valence-electron chi connectivity index (χ0n) is 20.3. The average molecular weight is 629 g/mol. The molecule has 4 aromatic rings. The minimum atomic E-state index is -0.235. The van der Waals surface area contributed by atoms with Crippen LogP contribution in [0.3, 0.4) is 0 Å². The molecule has 0 aliphatic carbocycles. The molecule has 0 spiro atoms. The van der Waals surface area contributed by atoms with Gasteiger partial charge in [-0.25, -0.2) is 4.98 Å². The van der Waals surface area contributed by atoms with Gasteiger partial charge in [-0.3, -0.25) is 4.79 Å². The Bertz CT molecular complexity index is 1580. The Morgan fingerprint density at radius 2 is 1.92 bits per heavy atom. The number of nitrogens with zero attached hydrogens (tertiary/aromatic N) is 3. The Morgan fingerprint density at radius 1 is 1.11 bits per heavy atom. The number of ether oxygens (including phenoxy) is 4. The van der Waals surface area contributed by atoms with Crippen LogP contribution in [0.1, 0.15) is 36.7 Å². The normalized spacial score (nSPS) is 12.6. The van der Waals surface area contributed by atoms with Crippen LogP contribution in [0.25, 0.3) is 10.9 Å². The van der Waals surface area contributed by atoms with Gasteiger partial charge in [0, 0.05) is 10.4 Å². The molecule has 0 amide bonds. The minimum Gasteiger partial charge on any atom is -0.493 e. The number of benzene rings is 3. The molecule has 0 unspecified atom stereocenters. The molecule has 0 saturated carbocycles. The molecule has 0 N–H and O–H groups in total. The number of rotatable bonds is 7. The van der Waals surface area contributed by atoms with E-state index >= 15 is 0 Å². The van der Waals surface area contributed by atoms with Crippen molar-refractivity contribution in [2.45, 2.75) is 26.4 Å². The van der Waals surface area contributed by atoms with Gasteiger partial charge >= 0.3 is 0 Å². The number of fused-ring (bicyclic) bond motifs is 2. The molecule has 1 aromatic heterocycles. The molecule has 0 saturated heterocycles. The predicted molar refractivity (Wildman–Crippen MR) is 148 cm³/mol. The van der Waals surface area contributed by atoms with E-state index in [4.69, 9.17) is 18.9 Å². The maximum Gasteiger partial charge on any atom is 0.282 e. The van der Waals surface area contributed by atoms with Crippen molar-refractivity contribution in [3.05, 3.63) is 84.8 Å². The Kier molecular flexibility index (Phi) is 7.21. The molecule has 190 valence electrons. The van der Waals surface area contributed by atoms with Gasteiger partial charge in [-0.2, -0.15) is 9.78 Å². The van der Waals surface area contributed by atoms with Gasteiger partial charge in [-0.15, -0.1) is 0 Å². The molecule has 10 heteroatoms. The fourth-order valence-corrected chi connectivity index (χ4v) is 4.85. The Labute approximate surface area is 230 Å². The summed E-state index contributed by atoms with van der Waals surface area (Å²) in [7, 11) is 1.57. The summed E-state index contributed by atoms with van der Waals surface area (Å²) in [5.74, 6) is 3.06. The third kappa shape index (κ3) is 5.21. The van der Waals surface area contributed by atoms with Crippen molar-refractivity contribution >= 4 is 49.0 Å². The van der Waals surface area contributed by atoms with Gasteiger partial charge in [-0.05, 0) is 69.5 Å². The van der Waals surface area contributed by atoms with Crippen LogP contribution in [0, 0.1) is 0 Å². The van der Waals surface area contributed by atoms with Crippen LogP contribution in [-0.4, -0.2) is 29.8 Å². The second kappa shape index (κ2) is 10.5. The van der Waals surface area contributed by atoms with Crippen molar-refractivity contribution < 1.29 is 18.9 Å². The lowest BCUT2D eigenvalue weighted by molar-refractivity contribution is 0.174. The van der Waals surface area contributed by atoms with Crippen LogP contribution in [0.4, 0.5) is 0 Å². The van der Waals surface area contributed by atoms with Crippen molar-refractivity contribution in [3.8, 4) is 23.0 Å². The molecule has 0 fully saturated rings. The summed E-state index contributed by atoms with van der Waals surface area (Å²) in [4.78, 5) is 18.0. The van der Waals surface area contributed by atoms with E-state index in [0.29, 0.717) is 45.1 Å². The lowest BCUT2D eigenvalue weighted by atomic mass is 10.2. The first-order valence-corrected chi connectivity index (χ1v) is 13.1. The summed E-state index contributed by atoms with van der Waals surface area (Å²) >= 11 is 7.01. The minimum absolute atomic E-state index is 0.00822. The lowest BCUT2D eigenvalue weighted by Gasteiger charge is -2.14. The molecule has 1 aliphatic rings. The fourth-order valence-electron chi connectivity index (χ4n) is 3.92. The first-order valence-electron chi connectivity index (χ1n) is 11.5. The van der Waals surface area contributed by atoms with Gasteiger partial charge in [0.2, 0.25) is 6.79 Å². The van der Waals surface area contributed by atoms with Gasteiger partial charge in [0.25, 0.3) is 5.56 Å². The van der Waals surface area contributed by atoms with Crippen molar-refractivity contribution in [2.24, 2.45) is 5.10 Å². The molecule has 1 aliphatic heterocycles. The predicted octanol–water partition coefficient (Wildman–Crippen LogP) is 6.24. The van der Waals surface area contributed by atoms with Crippen LogP contribution in [0.15, 0.2) is 67.4 Å².